The fourth-order valence-electron chi connectivity index (χ4n) is 2.44. The number of hydrogen-bond acceptors (Lipinski definition) is 1. The summed E-state index contributed by atoms with van der Waals surface area (Å²) in [5.41, 5.74) is 0. The van der Waals surface area contributed by atoms with Crippen LogP contribution in [0.3, 0.4) is 0 Å². The summed E-state index contributed by atoms with van der Waals surface area (Å²) in [6.45, 7) is 0. The van der Waals surface area contributed by atoms with Gasteiger partial charge in [0.15, 0.2) is 0 Å². The predicted octanol–water partition coefficient (Wildman–Crippen LogP) is 5.86. The van der Waals surface area contributed by atoms with Crippen LogP contribution >= 0.6 is 22.9 Å². The summed E-state index contributed by atoms with van der Waals surface area (Å²) in [5.74, 6) is 0. The van der Waals surface area contributed by atoms with Gasteiger partial charge in [-0.05, 0) is 41.1 Å². The zero-order chi connectivity index (χ0) is 12.1. The highest BCUT2D eigenvalue weighted by Crippen LogP contribution is 2.36. The van der Waals surface area contributed by atoms with Crippen molar-refractivity contribution in [3.05, 3.63) is 59.6 Å². The molecule has 1 heterocycles. The first kappa shape index (κ1) is 10.4. The Balaban J connectivity index is 2.23. The highest BCUT2D eigenvalue weighted by Gasteiger charge is 2.06. The fourth-order valence-corrected chi connectivity index (χ4v) is 3.76. The Labute approximate surface area is 113 Å². The Kier molecular flexibility index (Phi) is 2.14. The van der Waals surface area contributed by atoms with Crippen LogP contribution in [0.25, 0.3) is 30.9 Å². The molecule has 2 heteroatoms. The second-order valence-corrected chi connectivity index (χ2v) is 5.96. The number of halogens is 1. The molecule has 0 radical (unpaired) electrons. The Morgan fingerprint density at radius 3 is 2.56 bits per heavy atom. The van der Waals surface area contributed by atoms with E-state index in [2.05, 4.69) is 42.5 Å². The van der Waals surface area contributed by atoms with Gasteiger partial charge in [-0.15, -0.1) is 11.3 Å². The van der Waals surface area contributed by atoms with Crippen molar-refractivity contribution in [2.45, 2.75) is 0 Å². The molecule has 0 nitrogen and oxygen atoms in total. The lowest BCUT2D eigenvalue weighted by atomic mass is 10.1. The molecule has 0 N–H and O–H groups in total. The molecular formula is C16H9ClS. The summed E-state index contributed by atoms with van der Waals surface area (Å²) in [6, 6.07) is 19.1. The van der Waals surface area contributed by atoms with E-state index in [9.17, 15) is 0 Å². The van der Waals surface area contributed by atoms with Crippen molar-refractivity contribution in [2.24, 2.45) is 0 Å². The Hall–Kier alpha value is -1.57. The van der Waals surface area contributed by atoms with E-state index in [-0.39, 0.29) is 0 Å². The van der Waals surface area contributed by atoms with Crippen LogP contribution in [0.4, 0.5) is 0 Å². The Morgan fingerprint density at radius 2 is 1.61 bits per heavy atom. The average molecular weight is 269 g/mol. The van der Waals surface area contributed by atoms with E-state index < -0.39 is 0 Å². The molecule has 3 aromatic carbocycles. The largest absolute Gasteiger partial charge is 0.135 e. The molecule has 0 saturated heterocycles. The molecule has 0 aliphatic carbocycles. The van der Waals surface area contributed by atoms with Gasteiger partial charge in [-0.3, -0.25) is 0 Å². The molecule has 0 atom stereocenters. The fraction of sp³-hybridized carbons (Fsp3) is 0. The van der Waals surface area contributed by atoms with Gasteiger partial charge in [-0.25, -0.2) is 0 Å². The van der Waals surface area contributed by atoms with Gasteiger partial charge in [0.1, 0.15) is 0 Å². The minimum Gasteiger partial charge on any atom is -0.135 e. The monoisotopic (exact) mass is 268 g/mol. The molecule has 0 amide bonds. The van der Waals surface area contributed by atoms with Crippen LogP contribution in [-0.2, 0) is 0 Å². The van der Waals surface area contributed by atoms with Gasteiger partial charge in [0.25, 0.3) is 0 Å². The first-order valence-corrected chi connectivity index (χ1v) is 7.01. The van der Waals surface area contributed by atoms with Crippen LogP contribution < -0.4 is 0 Å². The second kappa shape index (κ2) is 3.71. The quantitative estimate of drug-likeness (QED) is 0.375. The maximum atomic E-state index is 6.05. The number of thiophene rings is 1. The summed E-state index contributed by atoms with van der Waals surface area (Å²) < 4.78 is 2.67. The zero-order valence-electron chi connectivity index (χ0n) is 9.48. The van der Waals surface area contributed by atoms with Crippen molar-refractivity contribution in [2.75, 3.05) is 0 Å². The summed E-state index contributed by atoms with van der Waals surface area (Å²) in [7, 11) is 0. The first-order valence-electron chi connectivity index (χ1n) is 5.82. The van der Waals surface area contributed by atoms with Crippen LogP contribution in [-0.4, -0.2) is 0 Å². The smallest absolute Gasteiger partial charge is 0.0412 e. The molecule has 4 rings (SSSR count). The van der Waals surface area contributed by atoms with Crippen molar-refractivity contribution >= 4 is 53.9 Å². The zero-order valence-corrected chi connectivity index (χ0v) is 11.1. The van der Waals surface area contributed by atoms with Gasteiger partial charge in [0, 0.05) is 25.2 Å². The van der Waals surface area contributed by atoms with Crippen LogP contribution in [0.5, 0.6) is 0 Å². The van der Waals surface area contributed by atoms with E-state index in [1.54, 1.807) is 0 Å². The van der Waals surface area contributed by atoms with Crippen LogP contribution in [0.2, 0.25) is 5.02 Å². The Bertz CT molecular complexity index is 889. The van der Waals surface area contributed by atoms with E-state index in [0.717, 1.165) is 5.02 Å². The highest BCUT2D eigenvalue weighted by molar-refractivity contribution is 7.25. The summed E-state index contributed by atoms with van der Waals surface area (Å²) in [6.07, 6.45) is 0. The van der Waals surface area contributed by atoms with Crippen LogP contribution in [0.15, 0.2) is 54.6 Å². The van der Waals surface area contributed by atoms with E-state index in [1.807, 2.05) is 23.5 Å². The predicted molar refractivity (Wildman–Crippen MR) is 81.8 cm³/mol. The lowest BCUT2D eigenvalue weighted by molar-refractivity contribution is 1.81. The average Bonchev–Trinajstić information content (AvgIpc) is 2.73. The summed E-state index contributed by atoms with van der Waals surface area (Å²) >= 11 is 7.89. The van der Waals surface area contributed by atoms with Gasteiger partial charge in [0.2, 0.25) is 0 Å². The third kappa shape index (κ3) is 1.45. The van der Waals surface area contributed by atoms with Gasteiger partial charge < -0.3 is 0 Å². The topological polar surface area (TPSA) is 0 Å². The van der Waals surface area contributed by atoms with E-state index >= 15 is 0 Å². The van der Waals surface area contributed by atoms with Gasteiger partial charge >= 0.3 is 0 Å². The molecule has 18 heavy (non-hydrogen) atoms. The first-order chi connectivity index (χ1) is 8.81. The van der Waals surface area contributed by atoms with Crippen molar-refractivity contribution < 1.29 is 0 Å². The molecule has 0 spiro atoms. The molecule has 0 bridgehead atoms. The maximum absolute atomic E-state index is 6.05. The molecule has 1 aromatic heterocycles. The number of rotatable bonds is 0. The van der Waals surface area contributed by atoms with Crippen molar-refractivity contribution in [1.82, 2.24) is 0 Å². The second-order valence-electron chi connectivity index (χ2n) is 4.44. The maximum Gasteiger partial charge on any atom is 0.0412 e. The third-order valence-electron chi connectivity index (χ3n) is 3.30. The van der Waals surface area contributed by atoms with Gasteiger partial charge in [-0.1, -0.05) is 35.9 Å². The van der Waals surface area contributed by atoms with Crippen molar-refractivity contribution in [1.29, 1.82) is 0 Å². The van der Waals surface area contributed by atoms with Gasteiger partial charge in [0.05, 0.1) is 0 Å². The van der Waals surface area contributed by atoms with E-state index in [0.29, 0.717) is 0 Å². The lowest BCUT2D eigenvalue weighted by Crippen LogP contribution is -1.73. The molecule has 0 saturated carbocycles. The van der Waals surface area contributed by atoms with Gasteiger partial charge in [-0.2, -0.15) is 0 Å². The van der Waals surface area contributed by atoms with E-state index in [4.69, 9.17) is 11.6 Å². The van der Waals surface area contributed by atoms with Crippen molar-refractivity contribution in [3.63, 3.8) is 0 Å². The summed E-state index contributed by atoms with van der Waals surface area (Å²) in [4.78, 5) is 0. The molecule has 86 valence electrons. The minimum atomic E-state index is 0.794. The normalized spacial score (nSPS) is 11.6. The highest BCUT2D eigenvalue weighted by atomic mass is 35.5. The molecule has 0 aliphatic heterocycles. The molecule has 0 unspecified atom stereocenters. The molecule has 4 aromatic rings. The lowest BCUT2D eigenvalue weighted by Gasteiger charge is -1.99. The molecule has 0 fully saturated rings. The van der Waals surface area contributed by atoms with Crippen LogP contribution in [0.1, 0.15) is 0 Å². The molecule has 0 aliphatic rings. The molecular weight excluding hydrogens is 260 g/mol. The standard InChI is InChI=1S/C16H9ClS/c17-12-6-5-10-8-14-13-3-1-2-4-15(13)18-16(14)9-11(10)7-12/h1-9H. The van der Waals surface area contributed by atoms with Crippen LogP contribution in [0, 0.1) is 0 Å². The number of benzene rings is 3. The number of hydrogen-bond donors (Lipinski definition) is 0. The minimum absolute atomic E-state index is 0.794. The summed E-state index contributed by atoms with van der Waals surface area (Å²) in [5, 5.41) is 5.93. The SMILES string of the molecule is Clc1ccc2cc3c(cc2c1)sc1ccccc13. The third-order valence-corrected chi connectivity index (χ3v) is 4.67. The van der Waals surface area contributed by atoms with E-state index in [1.165, 1.54) is 30.9 Å². The van der Waals surface area contributed by atoms with Crippen molar-refractivity contribution in [3.8, 4) is 0 Å². The Morgan fingerprint density at radius 1 is 0.722 bits per heavy atom. The number of fused-ring (bicyclic) bond motifs is 4.